The third-order valence-electron chi connectivity index (χ3n) is 8.29. The van der Waals surface area contributed by atoms with Gasteiger partial charge in [-0.2, -0.15) is 26.3 Å². The largest absolute Gasteiger partial charge is 0.459 e. The van der Waals surface area contributed by atoms with Crippen LogP contribution >= 0.6 is 0 Å². The molecule has 1 aliphatic carbocycles. The number of esters is 1. The fourth-order valence-electron chi connectivity index (χ4n) is 6.55. The molecule has 0 bridgehead atoms. The Bertz CT molecular complexity index is 962. The van der Waals surface area contributed by atoms with Gasteiger partial charge in [-0.1, -0.05) is 6.58 Å². The van der Waals surface area contributed by atoms with Crippen LogP contribution in [-0.2, 0) is 28.5 Å². The molecule has 2 heterocycles. The highest BCUT2D eigenvalue weighted by Gasteiger charge is 2.66. The average molecular weight is 607 g/mol. The number of hydrogen-bond donors (Lipinski definition) is 2. The molecule has 14 heteroatoms. The minimum Gasteiger partial charge on any atom is -0.459 e. The second-order valence-electron chi connectivity index (χ2n) is 13.3. The van der Waals surface area contributed by atoms with Crippen LogP contribution in [0.15, 0.2) is 12.2 Å². The van der Waals surface area contributed by atoms with Gasteiger partial charge in [0.1, 0.15) is 6.10 Å². The molecule has 0 amide bonds. The monoisotopic (exact) mass is 606 g/mol. The zero-order valence-electron chi connectivity index (χ0n) is 24.3. The first kappa shape index (κ1) is 34.0. The van der Waals surface area contributed by atoms with E-state index in [0.717, 1.165) is 0 Å². The van der Waals surface area contributed by atoms with Crippen molar-refractivity contribution in [3.63, 3.8) is 0 Å². The van der Waals surface area contributed by atoms with Crippen LogP contribution in [-0.4, -0.2) is 81.8 Å². The quantitative estimate of drug-likeness (QED) is 0.227. The summed E-state index contributed by atoms with van der Waals surface area (Å²) in [5.74, 6) is -8.53. The summed E-state index contributed by atoms with van der Waals surface area (Å²) in [6.07, 6.45) is -12.2. The minimum atomic E-state index is -5.05. The Hall–Kier alpha value is -1.45. The van der Waals surface area contributed by atoms with Crippen molar-refractivity contribution >= 4 is 5.97 Å². The van der Waals surface area contributed by atoms with E-state index in [1.54, 1.807) is 27.7 Å². The molecular weight excluding hydrogens is 566 g/mol. The maximum absolute atomic E-state index is 13.4. The van der Waals surface area contributed by atoms with Gasteiger partial charge in [0.05, 0.1) is 35.6 Å². The van der Waals surface area contributed by atoms with Gasteiger partial charge in [-0.15, -0.1) is 0 Å². The van der Waals surface area contributed by atoms with E-state index in [-0.39, 0.29) is 18.4 Å². The number of rotatable bonds is 8. The highest BCUT2D eigenvalue weighted by molar-refractivity contribution is 5.87. The Morgan fingerprint density at radius 2 is 1.15 bits per heavy atom. The summed E-state index contributed by atoms with van der Waals surface area (Å²) in [4.78, 5) is 12.3. The second-order valence-corrected chi connectivity index (χ2v) is 13.3. The molecule has 1 saturated carbocycles. The summed E-state index contributed by atoms with van der Waals surface area (Å²) in [6.45, 7) is 13.3. The lowest BCUT2D eigenvalue weighted by atomic mass is 9.74. The Kier molecular flexibility index (Phi) is 8.58. The molecule has 3 rings (SSSR count). The van der Waals surface area contributed by atoms with E-state index >= 15 is 0 Å². The number of ether oxygens (including phenoxy) is 5. The Labute approximate surface area is 235 Å². The smallest absolute Gasteiger partial charge is 0.443 e. The lowest BCUT2D eigenvalue weighted by Crippen LogP contribution is -2.53. The van der Waals surface area contributed by atoms with Crippen LogP contribution in [0, 0.1) is 11.8 Å². The molecule has 2 aliphatic heterocycles. The van der Waals surface area contributed by atoms with Gasteiger partial charge >= 0.3 is 18.3 Å². The minimum absolute atomic E-state index is 0.153. The van der Waals surface area contributed by atoms with Crippen molar-refractivity contribution in [2.45, 2.75) is 127 Å². The molecule has 3 fully saturated rings. The first-order chi connectivity index (χ1) is 18.2. The van der Waals surface area contributed by atoms with Gasteiger partial charge < -0.3 is 33.9 Å². The molecule has 6 atom stereocenters. The lowest BCUT2D eigenvalue weighted by Gasteiger charge is -2.47. The predicted octanol–water partition coefficient (Wildman–Crippen LogP) is 4.95. The van der Waals surface area contributed by atoms with Crippen LogP contribution in [0.3, 0.4) is 0 Å². The Balaban J connectivity index is 1.88. The van der Waals surface area contributed by atoms with E-state index in [9.17, 15) is 41.4 Å². The Morgan fingerprint density at radius 3 is 1.41 bits per heavy atom. The first-order valence-corrected chi connectivity index (χ1v) is 13.3. The topological polar surface area (TPSA) is 104 Å². The van der Waals surface area contributed by atoms with Crippen molar-refractivity contribution in [1.29, 1.82) is 0 Å². The summed E-state index contributed by atoms with van der Waals surface area (Å²) in [7, 11) is 0. The van der Waals surface area contributed by atoms with E-state index < -0.39 is 96.3 Å². The molecule has 6 unspecified atom stereocenters. The molecule has 238 valence electrons. The van der Waals surface area contributed by atoms with Gasteiger partial charge in [-0.3, -0.25) is 0 Å². The molecule has 41 heavy (non-hydrogen) atoms. The fraction of sp³-hybridized carbons (Fsp3) is 0.889. The van der Waals surface area contributed by atoms with E-state index in [0.29, 0.717) is 0 Å². The third kappa shape index (κ3) is 6.87. The first-order valence-electron chi connectivity index (χ1n) is 13.3. The maximum atomic E-state index is 13.4. The zero-order chi connectivity index (χ0) is 31.7. The number of carbonyl (C=O) groups excluding carboxylic acids is 1. The van der Waals surface area contributed by atoms with Gasteiger partial charge in [0.2, 0.25) is 0 Å². The van der Waals surface area contributed by atoms with Crippen LogP contribution in [0.4, 0.5) is 26.3 Å². The van der Waals surface area contributed by atoms with Gasteiger partial charge in [-0.05, 0) is 73.1 Å². The van der Waals surface area contributed by atoms with Crippen molar-refractivity contribution in [3.8, 4) is 0 Å². The number of carbonyl (C=O) groups is 1. The second kappa shape index (κ2) is 10.3. The molecule has 0 aromatic heterocycles. The summed E-state index contributed by atoms with van der Waals surface area (Å²) >= 11 is 0. The highest BCUT2D eigenvalue weighted by Crippen LogP contribution is 2.54. The van der Waals surface area contributed by atoms with Crippen molar-refractivity contribution < 1.29 is 65.0 Å². The predicted molar refractivity (Wildman–Crippen MR) is 131 cm³/mol. The van der Waals surface area contributed by atoms with E-state index in [2.05, 4.69) is 6.58 Å². The molecule has 8 nitrogen and oxygen atoms in total. The summed E-state index contributed by atoms with van der Waals surface area (Å²) < 4.78 is 108. The Morgan fingerprint density at radius 1 is 0.805 bits per heavy atom. The van der Waals surface area contributed by atoms with Crippen molar-refractivity contribution in [3.05, 3.63) is 12.2 Å². The van der Waals surface area contributed by atoms with Gasteiger partial charge in [0, 0.05) is 18.4 Å². The SMILES string of the molecule is C=C(C)C(=O)OC1CC(C(C)(C)OC2(C)COC(O)(C(F)(F)F)C2)C(C(C)(C)OC2(C)COC(O)(C(F)(F)F)C2)C1. The highest BCUT2D eigenvalue weighted by atomic mass is 19.4. The van der Waals surface area contributed by atoms with Gasteiger partial charge in [0.25, 0.3) is 11.6 Å². The number of hydrogen-bond acceptors (Lipinski definition) is 8. The van der Waals surface area contributed by atoms with Crippen LogP contribution in [0.25, 0.3) is 0 Å². The molecule has 0 aromatic rings. The van der Waals surface area contributed by atoms with Crippen molar-refractivity contribution in [1.82, 2.24) is 0 Å². The fourth-order valence-corrected chi connectivity index (χ4v) is 6.55. The van der Waals surface area contributed by atoms with Crippen molar-refractivity contribution in [2.75, 3.05) is 13.2 Å². The van der Waals surface area contributed by atoms with Crippen LogP contribution < -0.4 is 0 Å². The number of aliphatic hydroxyl groups is 2. The third-order valence-corrected chi connectivity index (χ3v) is 8.29. The molecule has 0 radical (unpaired) electrons. The molecule has 2 N–H and O–H groups in total. The number of halogens is 6. The molecule has 0 aromatic carbocycles. The summed E-state index contributed by atoms with van der Waals surface area (Å²) in [6, 6.07) is 0. The average Bonchev–Trinajstić information content (AvgIpc) is 3.42. The van der Waals surface area contributed by atoms with Crippen LogP contribution in [0.5, 0.6) is 0 Å². The van der Waals surface area contributed by atoms with E-state index in [1.165, 1.54) is 20.8 Å². The van der Waals surface area contributed by atoms with Crippen LogP contribution in [0.2, 0.25) is 0 Å². The maximum Gasteiger partial charge on any atom is 0.443 e. The standard InChI is InChI=1S/C27H40F6O8/c1-15(2)19(34)39-16-9-17(20(3,4)40-22(7)11-24(35,37-13-22)26(28,29)30)18(10-16)21(5,6)41-23(8)12-25(36,38-14-23)27(31,32)33/h16-18,35-36H,1,9-14H2,2-8H3. The van der Waals surface area contributed by atoms with Crippen LogP contribution in [0.1, 0.15) is 74.1 Å². The summed E-state index contributed by atoms with van der Waals surface area (Å²) in [5, 5.41) is 20.1. The summed E-state index contributed by atoms with van der Waals surface area (Å²) in [5.41, 5.74) is -5.39. The molecule has 3 aliphatic rings. The van der Waals surface area contributed by atoms with Gasteiger partial charge in [0.15, 0.2) is 0 Å². The lowest BCUT2D eigenvalue weighted by molar-refractivity contribution is -0.349. The van der Waals surface area contributed by atoms with Crippen molar-refractivity contribution in [2.24, 2.45) is 11.8 Å². The molecular formula is C27H40F6O8. The molecule has 2 saturated heterocycles. The number of alkyl halides is 6. The van der Waals surface area contributed by atoms with E-state index in [4.69, 9.17) is 23.7 Å². The molecule has 0 spiro atoms. The zero-order valence-corrected chi connectivity index (χ0v) is 24.3. The van der Waals surface area contributed by atoms with E-state index in [1.807, 2.05) is 0 Å². The normalized spacial score (nSPS) is 38.9. The van der Waals surface area contributed by atoms with Gasteiger partial charge in [-0.25, -0.2) is 4.79 Å².